The lowest BCUT2D eigenvalue weighted by molar-refractivity contribution is -0.154. The predicted octanol–water partition coefficient (Wildman–Crippen LogP) is 2.73. The molecule has 4 rings (SSSR count). The van der Waals surface area contributed by atoms with Crippen LogP contribution in [0.15, 0.2) is 18.2 Å². The molecule has 1 spiro atoms. The van der Waals surface area contributed by atoms with Crippen molar-refractivity contribution in [2.24, 2.45) is 11.8 Å². The molecular formula is C26H36N2O6. The number of esters is 1. The van der Waals surface area contributed by atoms with Crippen LogP contribution in [0.5, 0.6) is 0 Å². The number of anilines is 1. The molecular weight excluding hydrogens is 436 g/mol. The Bertz CT molecular complexity index is 929. The fourth-order valence-corrected chi connectivity index (χ4v) is 6.15. The zero-order chi connectivity index (χ0) is 24.5. The van der Waals surface area contributed by atoms with E-state index in [1.165, 1.54) is 0 Å². The van der Waals surface area contributed by atoms with Crippen molar-refractivity contribution in [1.29, 1.82) is 0 Å². The lowest BCUT2D eigenvalue weighted by atomic mass is 9.70. The number of aryl methyl sites for hydroxylation is 2. The summed E-state index contributed by atoms with van der Waals surface area (Å²) < 4.78 is 11.7. The molecule has 0 radical (unpaired) electrons. The number of fused-ring (bicyclic) bond motifs is 1. The van der Waals surface area contributed by atoms with Gasteiger partial charge in [0, 0.05) is 18.8 Å². The van der Waals surface area contributed by atoms with E-state index in [4.69, 9.17) is 14.6 Å². The molecule has 0 aliphatic carbocycles. The molecule has 1 aromatic carbocycles. The van der Waals surface area contributed by atoms with Crippen molar-refractivity contribution < 1.29 is 29.0 Å². The molecule has 2 unspecified atom stereocenters. The summed E-state index contributed by atoms with van der Waals surface area (Å²) in [5.41, 5.74) is 1.63. The molecule has 186 valence electrons. The van der Waals surface area contributed by atoms with E-state index in [0.717, 1.165) is 36.1 Å². The van der Waals surface area contributed by atoms with Crippen LogP contribution in [-0.2, 0) is 23.9 Å². The van der Waals surface area contributed by atoms with Gasteiger partial charge in [-0.05, 0) is 57.6 Å². The van der Waals surface area contributed by atoms with Gasteiger partial charge in [-0.3, -0.25) is 14.4 Å². The third kappa shape index (κ3) is 4.11. The largest absolute Gasteiger partial charge is 0.466 e. The number of ether oxygens (including phenoxy) is 2. The average molecular weight is 473 g/mol. The number of likely N-dealkylation sites (tertiary alicyclic amines) is 1. The summed E-state index contributed by atoms with van der Waals surface area (Å²) in [5, 5.41) is 12.1. The maximum absolute atomic E-state index is 13.8. The molecule has 2 amide bonds. The molecule has 0 saturated carbocycles. The molecule has 3 aliphatic rings. The standard InChI is InChI=1S/C26H36N2O6/c1-4-33-25(32)19-18-12-13-26(34-18)20(19)24(31)28(14-7-5-6-8-15-29)22(26)23(30)27-21-16(2)10-9-11-17(21)3/h9-11,18-20,22,29H,4-8,12-15H2,1-3H3,(H,27,30)/t18-,19+,20+,22?,26?/m1/s1. The van der Waals surface area contributed by atoms with E-state index in [1.54, 1.807) is 11.8 Å². The van der Waals surface area contributed by atoms with Gasteiger partial charge in [-0.25, -0.2) is 0 Å². The van der Waals surface area contributed by atoms with Gasteiger partial charge in [0.05, 0.1) is 24.5 Å². The van der Waals surface area contributed by atoms with E-state index in [0.29, 0.717) is 25.8 Å². The molecule has 0 aromatic heterocycles. The first kappa shape index (κ1) is 24.7. The SMILES string of the molecule is CCOC(=O)[C@@H]1[C@H]2C(=O)N(CCCCCCO)C(C(=O)Nc3c(C)cccc3C)C23CC[C@H]1O3. The average Bonchev–Trinajstić information content (AvgIpc) is 3.44. The number of para-hydroxylation sites is 1. The Morgan fingerprint density at radius 3 is 2.59 bits per heavy atom. The highest BCUT2D eigenvalue weighted by Gasteiger charge is 2.74. The molecule has 3 saturated heterocycles. The van der Waals surface area contributed by atoms with Gasteiger partial charge in [-0.2, -0.15) is 0 Å². The molecule has 2 bridgehead atoms. The third-order valence-corrected chi connectivity index (χ3v) is 7.64. The Morgan fingerprint density at radius 1 is 1.21 bits per heavy atom. The van der Waals surface area contributed by atoms with Crippen LogP contribution in [0.3, 0.4) is 0 Å². The van der Waals surface area contributed by atoms with Crippen molar-refractivity contribution >= 4 is 23.5 Å². The highest BCUT2D eigenvalue weighted by molar-refractivity contribution is 6.03. The van der Waals surface area contributed by atoms with Crippen LogP contribution in [0.25, 0.3) is 0 Å². The molecule has 2 N–H and O–H groups in total. The fourth-order valence-electron chi connectivity index (χ4n) is 6.15. The van der Waals surface area contributed by atoms with Crippen LogP contribution < -0.4 is 5.32 Å². The fraction of sp³-hybridized carbons (Fsp3) is 0.654. The second-order valence-corrected chi connectivity index (χ2v) is 9.73. The molecule has 8 nitrogen and oxygen atoms in total. The summed E-state index contributed by atoms with van der Waals surface area (Å²) >= 11 is 0. The summed E-state index contributed by atoms with van der Waals surface area (Å²) in [7, 11) is 0. The first-order valence-electron chi connectivity index (χ1n) is 12.5. The molecule has 3 heterocycles. The van der Waals surface area contributed by atoms with Crippen LogP contribution in [0.2, 0.25) is 0 Å². The number of nitrogens with zero attached hydrogens (tertiary/aromatic N) is 1. The van der Waals surface area contributed by atoms with E-state index in [2.05, 4.69) is 5.32 Å². The Labute approximate surface area is 201 Å². The van der Waals surface area contributed by atoms with Crippen LogP contribution >= 0.6 is 0 Å². The topological polar surface area (TPSA) is 105 Å². The van der Waals surface area contributed by atoms with Crippen molar-refractivity contribution in [3.05, 3.63) is 29.3 Å². The van der Waals surface area contributed by atoms with Gasteiger partial charge in [-0.15, -0.1) is 0 Å². The predicted molar refractivity (Wildman–Crippen MR) is 126 cm³/mol. The maximum atomic E-state index is 13.8. The van der Waals surface area contributed by atoms with Crippen molar-refractivity contribution in [3.63, 3.8) is 0 Å². The van der Waals surface area contributed by atoms with Crippen LogP contribution in [-0.4, -0.2) is 65.3 Å². The van der Waals surface area contributed by atoms with Gasteiger partial charge < -0.3 is 24.8 Å². The number of unbranched alkanes of at least 4 members (excludes halogenated alkanes) is 3. The van der Waals surface area contributed by atoms with Gasteiger partial charge >= 0.3 is 5.97 Å². The first-order chi connectivity index (χ1) is 16.4. The quantitative estimate of drug-likeness (QED) is 0.401. The molecule has 5 atom stereocenters. The van der Waals surface area contributed by atoms with Gasteiger partial charge in [-0.1, -0.05) is 31.0 Å². The van der Waals surface area contributed by atoms with E-state index < -0.39 is 35.6 Å². The minimum absolute atomic E-state index is 0.144. The summed E-state index contributed by atoms with van der Waals surface area (Å²) in [6.45, 7) is 6.43. The van der Waals surface area contributed by atoms with Gasteiger partial charge in [0.15, 0.2) is 0 Å². The lowest BCUT2D eigenvalue weighted by Gasteiger charge is -2.33. The summed E-state index contributed by atoms with van der Waals surface area (Å²) in [6, 6.07) is 5.03. The first-order valence-corrected chi connectivity index (χ1v) is 12.5. The van der Waals surface area contributed by atoms with Crippen molar-refractivity contribution in [1.82, 2.24) is 4.90 Å². The van der Waals surface area contributed by atoms with Crippen LogP contribution in [0, 0.1) is 25.7 Å². The number of aliphatic hydroxyl groups excluding tert-OH is 1. The van der Waals surface area contributed by atoms with E-state index >= 15 is 0 Å². The van der Waals surface area contributed by atoms with Crippen LogP contribution in [0.4, 0.5) is 5.69 Å². The van der Waals surface area contributed by atoms with E-state index in [1.807, 2.05) is 32.0 Å². The number of rotatable bonds is 10. The van der Waals surface area contributed by atoms with E-state index in [9.17, 15) is 14.4 Å². The summed E-state index contributed by atoms with van der Waals surface area (Å²) in [5.74, 6) is -2.24. The second-order valence-electron chi connectivity index (χ2n) is 9.73. The Kier molecular flexibility index (Phi) is 7.28. The van der Waals surface area contributed by atoms with Crippen molar-refractivity contribution in [2.45, 2.75) is 77.0 Å². The van der Waals surface area contributed by atoms with Crippen molar-refractivity contribution in [2.75, 3.05) is 25.1 Å². The van der Waals surface area contributed by atoms with Crippen LogP contribution in [0.1, 0.15) is 56.6 Å². The molecule has 3 aliphatic heterocycles. The van der Waals surface area contributed by atoms with Crippen molar-refractivity contribution in [3.8, 4) is 0 Å². The number of aliphatic hydroxyl groups is 1. The minimum Gasteiger partial charge on any atom is -0.466 e. The highest BCUT2D eigenvalue weighted by Crippen LogP contribution is 2.58. The number of nitrogens with one attached hydrogen (secondary N) is 1. The zero-order valence-corrected chi connectivity index (χ0v) is 20.3. The normalized spacial score (nSPS) is 29.4. The van der Waals surface area contributed by atoms with Gasteiger partial charge in [0.1, 0.15) is 11.6 Å². The number of amides is 2. The lowest BCUT2D eigenvalue weighted by Crippen LogP contribution is -2.53. The van der Waals surface area contributed by atoms with Gasteiger partial charge in [0.25, 0.3) is 0 Å². The molecule has 3 fully saturated rings. The molecule has 1 aromatic rings. The molecule has 8 heteroatoms. The number of carbonyl (C=O) groups excluding carboxylic acids is 3. The monoisotopic (exact) mass is 472 g/mol. The smallest absolute Gasteiger partial charge is 0.312 e. The van der Waals surface area contributed by atoms with Gasteiger partial charge in [0.2, 0.25) is 11.8 Å². The molecule has 34 heavy (non-hydrogen) atoms. The van der Waals surface area contributed by atoms with E-state index in [-0.39, 0.29) is 25.0 Å². The maximum Gasteiger partial charge on any atom is 0.312 e. The number of benzene rings is 1. The Morgan fingerprint density at radius 2 is 1.91 bits per heavy atom. The summed E-state index contributed by atoms with van der Waals surface area (Å²) in [6.07, 6.45) is 3.94. The Balaban J connectivity index is 1.64. The summed E-state index contributed by atoms with van der Waals surface area (Å²) in [4.78, 5) is 42.0. The number of carbonyl (C=O) groups is 3. The zero-order valence-electron chi connectivity index (χ0n) is 20.3. The number of hydrogen-bond acceptors (Lipinski definition) is 6. The third-order valence-electron chi connectivity index (χ3n) is 7.64. The second kappa shape index (κ2) is 10.0. The Hall–Kier alpha value is -2.45. The minimum atomic E-state index is -1.01. The number of hydrogen-bond donors (Lipinski definition) is 2. The highest BCUT2D eigenvalue weighted by atomic mass is 16.6.